The molecular formula is C21H24ClN3O5S2. The van der Waals surface area contributed by atoms with Gasteiger partial charge < -0.3 is 0 Å². The van der Waals surface area contributed by atoms with E-state index in [4.69, 9.17) is 11.6 Å². The Morgan fingerprint density at radius 3 is 2.34 bits per heavy atom. The molecule has 11 heteroatoms. The molecule has 2 heterocycles. The quantitative estimate of drug-likeness (QED) is 0.630. The van der Waals surface area contributed by atoms with Gasteiger partial charge in [-0.05, 0) is 67.9 Å². The Balaban J connectivity index is 1.52. The number of rotatable bonds is 7. The van der Waals surface area contributed by atoms with E-state index in [1.165, 1.54) is 24.3 Å². The van der Waals surface area contributed by atoms with Crippen LogP contribution in [0.25, 0.3) is 0 Å². The van der Waals surface area contributed by atoms with Crippen LogP contribution in [0.2, 0.25) is 5.02 Å². The van der Waals surface area contributed by atoms with E-state index in [1.807, 2.05) is 18.2 Å². The number of hydrogen-bond donors (Lipinski definition) is 1. The zero-order valence-electron chi connectivity index (χ0n) is 17.3. The highest BCUT2D eigenvalue weighted by Gasteiger charge is 2.36. The van der Waals surface area contributed by atoms with Crippen molar-refractivity contribution in [3.05, 3.63) is 59.1 Å². The van der Waals surface area contributed by atoms with E-state index in [0.717, 1.165) is 35.8 Å². The lowest BCUT2D eigenvalue weighted by molar-refractivity contribution is -0.116. The number of benzene rings is 2. The molecular weight excluding hydrogens is 474 g/mol. The second-order valence-corrected chi connectivity index (χ2v) is 12.0. The monoisotopic (exact) mass is 497 g/mol. The van der Waals surface area contributed by atoms with E-state index in [-0.39, 0.29) is 35.3 Å². The highest BCUT2D eigenvalue weighted by Crippen LogP contribution is 2.28. The average molecular weight is 498 g/mol. The maximum atomic E-state index is 12.9. The Bertz CT molecular complexity index is 1210. The zero-order chi connectivity index (χ0) is 22.9. The van der Waals surface area contributed by atoms with E-state index < -0.39 is 26.0 Å². The summed E-state index contributed by atoms with van der Waals surface area (Å²) >= 11 is 6.15. The standard InChI is InChI=1S/C21H24ClN3O5S2/c22-17-5-3-4-16(14-17)20(24-11-1-2-12-24)15-23-32(29,30)19-8-6-18(7-9-19)25-21(26)10-13-31(25,27)28/h3-9,14,20,23H,1-2,10-13,15H2. The van der Waals surface area contributed by atoms with Crippen molar-refractivity contribution in [1.29, 1.82) is 0 Å². The van der Waals surface area contributed by atoms with Crippen LogP contribution in [0.4, 0.5) is 5.69 Å². The van der Waals surface area contributed by atoms with Gasteiger partial charge in [0.1, 0.15) is 0 Å². The predicted octanol–water partition coefficient (Wildman–Crippen LogP) is 2.52. The SMILES string of the molecule is O=C1CCS(=O)(=O)N1c1ccc(S(=O)(=O)NCC(c2cccc(Cl)c2)N2CCCC2)cc1. The molecule has 0 aliphatic carbocycles. The Hall–Kier alpha value is -1.98. The Morgan fingerprint density at radius 2 is 1.75 bits per heavy atom. The van der Waals surface area contributed by atoms with Crippen LogP contribution in [0.3, 0.4) is 0 Å². The Labute approximate surface area is 193 Å². The fourth-order valence-corrected chi connectivity index (χ4v) is 6.82. The Morgan fingerprint density at radius 1 is 1.06 bits per heavy atom. The molecule has 4 rings (SSSR count). The number of nitrogens with zero attached hydrogens (tertiary/aromatic N) is 2. The van der Waals surface area contributed by atoms with Crippen LogP contribution in [0.5, 0.6) is 0 Å². The molecule has 1 amide bonds. The number of carbonyl (C=O) groups excluding carboxylic acids is 1. The maximum Gasteiger partial charge on any atom is 0.242 e. The van der Waals surface area contributed by atoms with Crippen LogP contribution in [-0.2, 0) is 24.8 Å². The molecule has 2 fully saturated rings. The summed E-state index contributed by atoms with van der Waals surface area (Å²) in [6.45, 7) is 1.93. The summed E-state index contributed by atoms with van der Waals surface area (Å²) in [6.07, 6.45) is 2.04. The van der Waals surface area contributed by atoms with Gasteiger partial charge in [0.2, 0.25) is 26.0 Å². The molecule has 172 valence electrons. The van der Waals surface area contributed by atoms with E-state index in [1.54, 1.807) is 6.07 Å². The fourth-order valence-electron chi connectivity index (χ4n) is 4.13. The van der Waals surface area contributed by atoms with Gasteiger partial charge in [0.05, 0.1) is 16.3 Å². The molecule has 2 aliphatic rings. The molecule has 2 aromatic carbocycles. The lowest BCUT2D eigenvalue weighted by Crippen LogP contribution is -2.36. The maximum absolute atomic E-state index is 12.9. The first kappa shape index (κ1) is 23.2. The van der Waals surface area contributed by atoms with Crippen molar-refractivity contribution < 1.29 is 21.6 Å². The largest absolute Gasteiger partial charge is 0.295 e. The van der Waals surface area contributed by atoms with Crippen molar-refractivity contribution in [2.75, 3.05) is 29.7 Å². The molecule has 2 saturated heterocycles. The summed E-state index contributed by atoms with van der Waals surface area (Å²) in [5.41, 5.74) is 1.08. The summed E-state index contributed by atoms with van der Waals surface area (Å²) in [7, 11) is -7.55. The number of nitrogens with one attached hydrogen (secondary N) is 1. The van der Waals surface area contributed by atoms with Gasteiger partial charge >= 0.3 is 0 Å². The van der Waals surface area contributed by atoms with Crippen LogP contribution in [0.15, 0.2) is 53.4 Å². The third-order valence-electron chi connectivity index (χ3n) is 5.74. The summed E-state index contributed by atoms with van der Waals surface area (Å²) in [5, 5.41) is 0.594. The average Bonchev–Trinajstić information content (AvgIpc) is 3.36. The summed E-state index contributed by atoms with van der Waals surface area (Å²) < 4.78 is 53.4. The van der Waals surface area contributed by atoms with Crippen LogP contribution in [0, 0.1) is 0 Å². The smallest absolute Gasteiger partial charge is 0.242 e. The molecule has 32 heavy (non-hydrogen) atoms. The van der Waals surface area contributed by atoms with E-state index in [0.29, 0.717) is 5.02 Å². The van der Waals surface area contributed by atoms with Gasteiger partial charge in [-0.2, -0.15) is 0 Å². The number of sulfonamides is 2. The molecule has 1 N–H and O–H groups in total. The number of hydrogen-bond acceptors (Lipinski definition) is 6. The van der Waals surface area contributed by atoms with E-state index in [2.05, 4.69) is 9.62 Å². The summed E-state index contributed by atoms with van der Waals surface area (Å²) in [5.74, 6) is -0.761. The first-order valence-electron chi connectivity index (χ1n) is 10.3. The summed E-state index contributed by atoms with van der Waals surface area (Å²) in [6, 6.07) is 12.6. The number of amides is 1. The van der Waals surface area contributed by atoms with Gasteiger partial charge in [-0.3, -0.25) is 9.69 Å². The number of anilines is 1. The fraction of sp³-hybridized carbons (Fsp3) is 0.381. The van der Waals surface area contributed by atoms with E-state index >= 15 is 0 Å². The molecule has 1 unspecified atom stereocenters. The van der Waals surface area contributed by atoms with Gasteiger partial charge in [-0.1, -0.05) is 23.7 Å². The lowest BCUT2D eigenvalue weighted by atomic mass is 10.1. The molecule has 0 saturated carbocycles. The van der Waals surface area contributed by atoms with Crippen molar-refractivity contribution >= 4 is 43.2 Å². The minimum atomic E-state index is -3.85. The molecule has 0 radical (unpaired) electrons. The van der Waals surface area contributed by atoms with Crippen molar-refractivity contribution in [2.24, 2.45) is 0 Å². The third-order valence-corrected chi connectivity index (χ3v) is 9.11. The predicted molar refractivity (Wildman–Crippen MR) is 123 cm³/mol. The number of likely N-dealkylation sites (tertiary alicyclic amines) is 1. The normalized spacial score (nSPS) is 20.0. The van der Waals surface area contributed by atoms with Crippen LogP contribution in [0.1, 0.15) is 30.9 Å². The second kappa shape index (κ2) is 9.11. The first-order valence-corrected chi connectivity index (χ1v) is 13.8. The lowest BCUT2D eigenvalue weighted by Gasteiger charge is -2.28. The molecule has 2 aliphatic heterocycles. The van der Waals surface area contributed by atoms with Crippen LogP contribution >= 0.6 is 11.6 Å². The third kappa shape index (κ3) is 4.84. The van der Waals surface area contributed by atoms with Crippen LogP contribution < -0.4 is 9.03 Å². The summed E-state index contributed by atoms with van der Waals surface area (Å²) in [4.78, 5) is 14.2. The molecule has 2 aromatic rings. The van der Waals surface area contributed by atoms with Crippen molar-refractivity contribution in [1.82, 2.24) is 9.62 Å². The van der Waals surface area contributed by atoms with Crippen molar-refractivity contribution in [3.8, 4) is 0 Å². The molecule has 0 bridgehead atoms. The minimum Gasteiger partial charge on any atom is -0.295 e. The number of halogens is 1. The van der Waals surface area contributed by atoms with Gasteiger partial charge in [0, 0.05) is 24.0 Å². The van der Waals surface area contributed by atoms with Gasteiger partial charge in [0.25, 0.3) is 0 Å². The Kier molecular flexibility index (Phi) is 6.60. The molecule has 8 nitrogen and oxygen atoms in total. The molecule has 0 spiro atoms. The van der Waals surface area contributed by atoms with Gasteiger partial charge in [-0.15, -0.1) is 0 Å². The van der Waals surface area contributed by atoms with Gasteiger partial charge in [0.15, 0.2) is 0 Å². The molecule has 1 atom stereocenters. The van der Waals surface area contributed by atoms with Gasteiger partial charge in [-0.25, -0.2) is 25.9 Å². The minimum absolute atomic E-state index is 0.00319. The van der Waals surface area contributed by atoms with Crippen molar-refractivity contribution in [2.45, 2.75) is 30.2 Å². The first-order chi connectivity index (χ1) is 15.2. The van der Waals surface area contributed by atoms with Crippen LogP contribution in [-0.4, -0.2) is 53.0 Å². The number of carbonyl (C=O) groups is 1. The molecule has 0 aromatic heterocycles. The highest BCUT2D eigenvalue weighted by molar-refractivity contribution is 7.94. The zero-order valence-corrected chi connectivity index (χ0v) is 19.7. The van der Waals surface area contributed by atoms with Crippen molar-refractivity contribution in [3.63, 3.8) is 0 Å². The second-order valence-electron chi connectivity index (χ2n) is 7.88. The highest BCUT2D eigenvalue weighted by atomic mass is 35.5. The topological polar surface area (TPSA) is 104 Å². The van der Waals surface area contributed by atoms with E-state index in [9.17, 15) is 21.6 Å².